The van der Waals surface area contributed by atoms with E-state index in [2.05, 4.69) is 11.4 Å². The normalized spacial score (nSPS) is 10.1. The second-order valence-electron chi connectivity index (χ2n) is 6.13. The van der Waals surface area contributed by atoms with Crippen molar-refractivity contribution < 1.29 is 9.59 Å². The van der Waals surface area contributed by atoms with E-state index in [1.165, 1.54) is 0 Å². The Labute approximate surface area is 160 Å². The minimum Gasteiger partial charge on any atom is -0.352 e. The molecule has 1 N–H and O–H groups in total. The van der Waals surface area contributed by atoms with Crippen molar-refractivity contribution >= 4 is 11.8 Å². The fourth-order valence-corrected chi connectivity index (χ4v) is 3.00. The molecule has 0 atom stereocenters. The Morgan fingerprint density at radius 2 is 1.63 bits per heavy atom. The summed E-state index contributed by atoms with van der Waals surface area (Å²) in [4.78, 5) is 26.4. The van der Waals surface area contributed by atoms with Gasteiger partial charge in [0.05, 0.1) is 11.6 Å². The Hall–Kier alpha value is -3.13. The van der Waals surface area contributed by atoms with Crippen molar-refractivity contribution in [3.63, 3.8) is 0 Å². The number of hydrogen-bond donors (Lipinski definition) is 1. The van der Waals surface area contributed by atoms with Crippen LogP contribution in [0.3, 0.4) is 0 Å². The van der Waals surface area contributed by atoms with Crippen molar-refractivity contribution in [1.82, 2.24) is 10.2 Å². The van der Waals surface area contributed by atoms with Crippen LogP contribution in [0.4, 0.5) is 0 Å². The first kappa shape index (κ1) is 20.2. The first-order valence-corrected chi connectivity index (χ1v) is 9.26. The lowest BCUT2D eigenvalue weighted by Crippen LogP contribution is -2.31. The fraction of sp³-hybridized carbons (Fsp3) is 0.318. The van der Waals surface area contributed by atoms with Gasteiger partial charge in [0.2, 0.25) is 5.91 Å². The molecule has 5 heteroatoms. The summed E-state index contributed by atoms with van der Waals surface area (Å²) < 4.78 is 0. The van der Waals surface area contributed by atoms with Crippen molar-refractivity contribution in [2.45, 2.75) is 26.7 Å². The quantitative estimate of drug-likeness (QED) is 0.728. The molecule has 0 unspecified atom stereocenters. The number of carbonyl (C=O) groups is 2. The summed E-state index contributed by atoms with van der Waals surface area (Å²) >= 11 is 0. The van der Waals surface area contributed by atoms with Crippen LogP contribution in [0, 0.1) is 11.3 Å². The van der Waals surface area contributed by atoms with E-state index >= 15 is 0 Å². The molecule has 0 aliphatic carbocycles. The van der Waals surface area contributed by atoms with Gasteiger partial charge in [-0.1, -0.05) is 36.4 Å². The molecule has 0 saturated heterocycles. The van der Waals surface area contributed by atoms with Crippen LogP contribution in [0.25, 0.3) is 11.1 Å². The van der Waals surface area contributed by atoms with Crippen LogP contribution < -0.4 is 5.32 Å². The van der Waals surface area contributed by atoms with E-state index in [1.807, 2.05) is 38.1 Å². The van der Waals surface area contributed by atoms with Crippen LogP contribution in [-0.4, -0.2) is 36.3 Å². The highest BCUT2D eigenvalue weighted by Crippen LogP contribution is 2.26. The lowest BCUT2D eigenvalue weighted by atomic mass is 9.95. The highest BCUT2D eigenvalue weighted by Gasteiger charge is 2.15. The highest BCUT2D eigenvalue weighted by atomic mass is 16.2. The first-order chi connectivity index (χ1) is 13.1. The van der Waals surface area contributed by atoms with Crippen molar-refractivity contribution in [3.8, 4) is 17.2 Å². The molecular weight excluding hydrogens is 338 g/mol. The number of benzene rings is 2. The average molecular weight is 363 g/mol. The molecule has 0 bridgehead atoms. The number of nitrogens with zero attached hydrogens (tertiary/aromatic N) is 2. The zero-order valence-electron chi connectivity index (χ0n) is 15.9. The van der Waals surface area contributed by atoms with Crippen LogP contribution in [0.5, 0.6) is 0 Å². The van der Waals surface area contributed by atoms with Gasteiger partial charge in [-0.25, -0.2) is 0 Å². The van der Waals surface area contributed by atoms with Crippen LogP contribution in [0.15, 0.2) is 48.5 Å². The molecule has 0 heterocycles. The van der Waals surface area contributed by atoms with Crippen molar-refractivity contribution in [3.05, 3.63) is 59.7 Å². The van der Waals surface area contributed by atoms with E-state index in [0.717, 1.165) is 11.1 Å². The molecule has 2 aromatic rings. The van der Waals surface area contributed by atoms with Crippen molar-refractivity contribution in [2.75, 3.05) is 19.6 Å². The van der Waals surface area contributed by atoms with Gasteiger partial charge in [0, 0.05) is 37.2 Å². The second kappa shape index (κ2) is 10.1. The number of nitriles is 1. The van der Waals surface area contributed by atoms with Crippen molar-refractivity contribution in [1.29, 1.82) is 5.26 Å². The SMILES string of the molecule is CCN(CC)C(=O)CCCNC(=O)c1ccccc1-c1ccccc1C#N. The molecule has 140 valence electrons. The van der Waals surface area contributed by atoms with Gasteiger partial charge in [0.25, 0.3) is 5.91 Å². The molecule has 2 aromatic carbocycles. The summed E-state index contributed by atoms with van der Waals surface area (Å²) in [7, 11) is 0. The summed E-state index contributed by atoms with van der Waals surface area (Å²) in [5, 5.41) is 12.2. The fourth-order valence-electron chi connectivity index (χ4n) is 3.00. The Morgan fingerprint density at radius 1 is 1.00 bits per heavy atom. The van der Waals surface area contributed by atoms with E-state index < -0.39 is 0 Å². The molecular formula is C22H25N3O2. The Morgan fingerprint density at radius 3 is 2.30 bits per heavy atom. The molecule has 27 heavy (non-hydrogen) atoms. The van der Waals surface area contributed by atoms with Gasteiger partial charge in [-0.15, -0.1) is 0 Å². The number of hydrogen-bond acceptors (Lipinski definition) is 3. The van der Waals surface area contributed by atoms with Crippen LogP contribution >= 0.6 is 0 Å². The van der Waals surface area contributed by atoms with Crippen LogP contribution in [0.2, 0.25) is 0 Å². The molecule has 0 fully saturated rings. The summed E-state index contributed by atoms with van der Waals surface area (Å²) in [6.07, 6.45) is 1.01. The number of rotatable bonds is 8. The molecule has 0 aliphatic rings. The maximum Gasteiger partial charge on any atom is 0.251 e. The number of amides is 2. The van der Waals surface area contributed by atoms with E-state index in [1.54, 1.807) is 29.2 Å². The summed E-state index contributed by atoms with van der Waals surface area (Å²) in [6.45, 7) is 5.75. The van der Waals surface area contributed by atoms with E-state index in [9.17, 15) is 14.9 Å². The van der Waals surface area contributed by atoms with Gasteiger partial charge >= 0.3 is 0 Å². The van der Waals surface area contributed by atoms with Crippen LogP contribution in [-0.2, 0) is 4.79 Å². The minimum atomic E-state index is -0.200. The van der Waals surface area contributed by atoms with Gasteiger partial charge in [-0.05, 0) is 38.0 Å². The molecule has 0 saturated carbocycles. The molecule has 0 spiro atoms. The second-order valence-corrected chi connectivity index (χ2v) is 6.13. The smallest absolute Gasteiger partial charge is 0.251 e. The lowest BCUT2D eigenvalue weighted by Gasteiger charge is -2.18. The van der Waals surface area contributed by atoms with E-state index in [4.69, 9.17) is 0 Å². The zero-order chi connectivity index (χ0) is 19.6. The highest BCUT2D eigenvalue weighted by molar-refractivity contribution is 6.01. The van der Waals surface area contributed by atoms with E-state index in [0.29, 0.717) is 43.6 Å². The minimum absolute atomic E-state index is 0.109. The topological polar surface area (TPSA) is 73.2 Å². The maximum absolute atomic E-state index is 12.6. The lowest BCUT2D eigenvalue weighted by molar-refractivity contribution is -0.130. The first-order valence-electron chi connectivity index (χ1n) is 9.26. The predicted molar refractivity (Wildman–Crippen MR) is 106 cm³/mol. The Balaban J connectivity index is 2.04. The van der Waals surface area contributed by atoms with Gasteiger partial charge in [-0.3, -0.25) is 9.59 Å². The van der Waals surface area contributed by atoms with Crippen molar-refractivity contribution in [2.24, 2.45) is 0 Å². The number of carbonyl (C=O) groups excluding carboxylic acids is 2. The summed E-state index contributed by atoms with van der Waals surface area (Å²) in [5.74, 6) is -0.0915. The molecule has 0 radical (unpaired) electrons. The summed E-state index contributed by atoms with van der Waals surface area (Å²) in [6, 6.07) is 16.7. The van der Waals surface area contributed by atoms with Gasteiger partial charge in [0.1, 0.15) is 0 Å². The van der Waals surface area contributed by atoms with E-state index in [-0.39, 0.29) is 11.8 Å². The molecule has 5 nitrogen and oxygen atoms in total. The zero-order valence-corrected chi connectivity index (χ0v) is 15.9. The van der Waals surface area contributed by atoms with Gasteiger partial charge in [-0.2, -0.15) is 5.26 Å². The average Bonchev–Trinajstić information content (AvgIpc) is 2.72. The van der Waals surface area contributed by atoms with Gasteiger partial charge in [0.15, 0.2) is 0 Å². The van der Waals surface area contributed by atoms with Crippen LogP contribution in [0.1, 0.15) is 42.6 Å². The monoisotopic (exact) mass is 363 g/mol. The third-order valence-corrected chi connectivity index (χ3v) is 4.48. The largest absolute Gasteiger partial charge is 0.352 e. The third kappa shape index (κ3) is 5.18. The Kier molecular flexibility index (Phi) is 7.57. The molecule has 2 rings (SSSR count). The third-order valence-electron chi connectivity index (χ3n) is 4.48. The summed E-state index contributed by atoms with van der Waals surface area (Å²) in [5.41, 5.74) is 2.52. The van der Waals surface area contributed by atoms with Gasteiger partial charge < -0.3 is 10.2 Å². The Bertz CT molecular complexity index is 835. The molecule has 2 amide bonds. The predicted octanol–water partition coefficient (Wildman–Crippen LogP) is 3.60. The maximum atomic E-state index is 12.6. The standard InChI is InChI=1S/C22H25N3O2/c1-3-25(4-2)21(26)14-9-15-24-22(27)20-13-8-7-12-19(20)18-11-6-5-10-17(18)16-23/h5-8,10-13H,3-4,9,14-15H2,1-2H3,(H,24,27). The number of nitrogens with one attached hydrogen (secondary N) is 1. The molecule has 0 aliphatic heterocycles. The molecule has 0 aromatic heterocycles.